The number of hydrogen-bond acceptors (Lipinski definition) is 16. The lowest BCUT2D eigenvalue weighted by Crippen LogP contribution is -2.54. The van der Waals surface area contributed by atoms with Crippen LogP contribution in [0.3, 0.4) is 0 Å². The van der Waals surface area contributed by atoms with Crippen molar-refractivity contribution in [1.82, 2.24) is 10.2 Å². The highest BCUT2D eigenvalue weighted by Crippen LogP contribution is 2.40. The van der Waals surface area contributed by atoms with Crippen molar-refractivity contribution < 1.29 is 71.3 Å². The molecule has 0 saturated carbocycles. The Labute approximate surface area is 421 Å². The summed E-state index contributed by atoms with van der Waals surface area (Å²) in [4.78, 5) is 51.0. The number of carbonyl (C=O) groups excluding carboxylic acids is 4. The molecule has 0 spiro atoms. The summed E-state index contributed by atoms with van der Waals surface area (Å²) in [5, 5.41) is 5.34. The molecule has 2 aliphatic rings. The molecule has 390 valence electrons. The maximum Gasteiger partial charge on any atom is 0.264 e. The highest BCUT2D eigenvalue weighted by atomic mass is 16.6. The first-order valence-corrected chi connectivity index (χ1v) is 24.7. The SMILES string of the molecule is O=C1CCC(N2C(=O)c3cccc(NCCOCCOCCOCCOCCOCCOCCOCCOCCOCCOCCOC(c4ccccc4)(c4ccccc4)c4ccccc4)c3C2=O)C(=O)N1. The predicted molar refractivity (Wildman–Crippen MR) is 265 cm³/mol. The highest BCUT2D eigenvalue weighted by molar-refractivity contribution is 6.25. The minimum Gasteiger partial charge on any atom is -0.382 e. The first-order valence-electron chi connectivity index (χ1n) is 24.7. The number of anilines is 1. The van der Waals surface area contributed by atoms with Crippen molar-refractivity contribution in [1.29, 1.82) is 0 Å². The second-order valence-corrected chi connectivity index (χ2v) is 16.4. The zero-order chi connectivity index (χ0) is 50.3. The Hall–Kier alpha value is -5.48. The van der Waals surface area contributed by atoms with Gasteiger partial charge in [-0.1, -0.05) is 97.1 Å². The largest absolute Gasteiger partial charge is 0.382 e. The highest BCUT2D eigenvalue weighted by Gasteiger charge is 2.45. The van der Waals surface area contributed by atoms with Crippen molar-refractivity contribution in [3.63, 3.8) is 0 Å². The van der Waals surface area contributed by atoms with Crippen LogP contribution in [0.25, 0.3) is 0 Å². The minimum absolute atomic E-state index is 0.0622. The van der Waals surface area contributed by atoms with Gasteiger partial charge in [0.2, 0.25) is 11.8 Å². The van der Waals surface area contributed by atoms with E-state index in [0.717, 1.165) is 21.6 Å². The fourth-order valence-corrected chi connectivity index (χ4v) is 8.02. The van der Waals surface area contributed by atoms with Gasteiger partial charge < -0.3 is 57.4 Å². The number of carbonyl (C=O) groups is 4. The Morgan fingerprint density at radius 3 is 1.21 bits per heavy atom. The number of benzene rings is 4. The van der Waals surface area contributed by atoms with Gasteiger partial charge in [-0.3, -0.25) is 29.4 Å². The van der Waals surface area contributed by atoms with Crippen LogP contribution < -0.4 is 10.6 Å². The third-order valence-corrected chi connectivity index (χ3v) is 11.5. The summed E-state index contributed by atoms with van der Waals surface area (Å²) < 4.78 is 62.8. The Balaban J connectivity index is 0.647. The molecule has 1 atom stereocenters. The quantitative estimate of drug-likeness (QED) is 0.0355. The number of piperidine rings is 1. The number of rotatable bonds is 39. The first kappa shape index (κ1) is 55.8. The Morgan fingerprint density at radius 1 is 0.444 bits per heavy atom. The van der Waals surface area contributed by atoms with Gasteiger partial charge in [0.1, 0.15) is 11.6 Å². The Morgan fingerprint density at radius 2 is 0.819 bits per heavy atom. The van der Waals surface area contributed by atoms with Gasteiger partial charge in [0.15, 0.2) is 0 Å². The van der Waals surface area contributed by atoms with Crippen LogP contribution in [0.4, 0.5) is 5.69 Å². The summed E-state index contributed by atoms with van der Waals surface area (Å²) in [6.45, 7) is 9.56. The molecule has 0 aliphatic carbocycles. The van der Waals surface area contributed by atoms with Crippen molar-refractivity contribution in [2.45, 2.75) is 24.5 Å². The molecule has 0 bridgehead atoms. The summed E-state index contributed by atoms with van der Waals surface area (Å²) in [6.07, 6.45) is 0.162. The summed E-state index contributed by atoms with van der Waals surface area (Å²) in [6, 6.07) is 34.8. The molecular formula is C54H69N3O15. The zero-order valence-electron chi connectivity index (χ0n) is 41.0. The third kappa shape index (κ3) is 17.6. The molecule has 6 rings (SSSR count). The van der Waals surface area contributed by atoms with Gasteiger partial charge in [0.25, 0.3) is 11.8 Å². The Bertz CT molecular complexity index is 2090. The normalized spacial score (nSPS) is 14.8. The molecular weight excluding hydrogens is 931 g/mol. The number of imide groups is 2. The summed E-state index contributed by atoms with van der Waals surface area (Å²) in [5.41, 5.74) is 3.30. The van der Waals surface area contributed by atoms with Crippen molar-refractivity contribution in [3.05, 3.63) is 137 Å². The molecule has 18 heteroatoms. The lowest BCUT2D eigenvalue weighted by atomic mass is 9.80. The molecule has 4 aromatic rings. The maximum atomic E-state index is 13.2. The molecule has 0 aromatic heterocycles. The molecule has 4 aromatic carbocycles. The molecule has 2 heterocycles. The van der Waals surface area contributed by atoms with Crippen LogP contribution in [0.2, 0.25) is 0 Å². The van der Waals surface area contributed by atoms with Crippen LogP contribution in [0, 0.1) is 0 Å². The van der Waals surface area contributed by atoms with Crippen molar-refractivity contribution in [3.8, 4) is 0 Å². The number of fused-ring (bicyclic) bond motifs is 1. The topological polar surface area (TPSA) is 197 Å². The van der Waals surface area contributed by atoms with Crippen LogP contribution in [-0.4, -0.2) is 180 Å². The van der Waals surface area contributed by atoms with Gasteiger partial charge in [-0.05, 0) is 35.2 Å². The van der Waals surface area contributed by atoms with E-state index in [-0.39, 0.29) is 24.0 Å². The van der Waals surface area contributed by atoms with Crippen LogP contribution in [0.1, 0.15) is 50.2 Å². The molecule has 2 N–H and O–H groups in total. The van der Waals surface area contributed by atoms with Gasteiger partial charge in [0, 0.05) is 18.7 Å². The molecule has 1 unspecified atom stereocenters. The van der Waals surface area contributed by atoms with Crippen molar-refractivity contribution in [2.24, 2.45) is 0 Å². The van der Waals surface area contributed by atoms with E-state index < -0.39 is 35.3 Å². The second-order valence-electron chi connectivity index (χ2n) is 16.4. The monoisotopic (exact) mass is 999 g/mol. The number of ether oxygens (including phenoxy) is 11. The molecule has 4 amide bonds. The number of hydrogen-bond donors (Lipinski definition) is 2. The predicted octanol–water partition coefficient (Wildman–Crippen LogP) is 4.67. The third-order valence-electron chi connectivity index (χ3n) is 11.5. The van der Waals surface area contributed by atoms with E-state index >= 15 is 0 Å². The van der Waals surface area contributed by atoms with Gasteiger partial charge in [0.05, 0.1) is 150 Å². The van der Waals surface area contributed by atoms with Gasteiger partial charge in [-0.15, -0.1) is 0 Å². The van der Waals surface area contributed by atoms with Crippen LogP contribution >= 0.6 is 0 Å². The molecule has 18 nitrogen and oxygen atoms in total. The minimum atomic E-state index is -1.02. The smallest absolute Gasteiger partial charge is 0.264 e. The van der Waals surface area contributed by atoms with Gasteiger partial charge in [-0.25, -0.2) is 0 Å². The van der Waals surface area contributed by atoms with Gasteiger partial charge >= 0.3 is 0 Å². The lowest BCUT2D eigenvalue weighted by Gasteiger charge is -2.36. The zero-order valence-corrected chi connectivity index (χ0v) is 41.0. The lowest BCUT2D eigenvalue weighted by molar-refractivity contribution is -0.136. The number of nitrogens with zero attached hydrogens (tertiary/aromatic N) is 1. The average molecular weight is 1000 g/mol. The average Bonchev–Trinajstić information content (AvgIpc) is 3.66. The van der Waals surface area contributed by atoms with E-state index in [1.807, 2.05) is 54.6 Å². The van der Waals surface area contributed by atoms with Crippen LogP contribution in [0.5, 0.6) is 0 Å². The standard InChI is InChI=1S/C54H69N3O15/c58-49-20-19-48(51(59)56-49)57-52(60)46-17-10-18-47(50(46)53(57)61)55-21-22-62-23-24-63-25-26-64-27-28-65-29-30-66-31-32-67-33-34-68-35-36-69-37-38-70-39-40-71-41-42-72-54(43-11-4-1-5-12-43,44-13-6-2-7-14-44)45-15-8-3-9-16-45/h1-18,48,55H,19-42H2,(H,56,58,59). The van der Waals surface area contributed by atoms with Crippen molar-refractivity contribution in [2.75, 3.05) is 151 Å². The van der Waals surface area contributed by atoms with E-state index in [4.69, 9.17) is 52.1 Å². The second kappa shape index (κ2) is 32.6. The van der Waals surface area contributed by atoms with Crippen LogP contribution in [-0.2, 0) is 67.3 Å². The van der Waals surface area contributed by atoms with Gasteiger partial charge in [-0.2, -0.15) is 0 Å². The molecule has 0 radical (unpaired) electrons. The fourth-order valence-electron chi connectivity index (χ4n) is 8.02. The van der Waals surface area contributed by atoms with E-state index in [9.17, 15) is 19.2 Å². The van der Waals surface area contributed by atoms with E-state index in [0.29, 0.717) is 151 Å². The van der Waals surface area contributed by atoms with E-state index in [1.165, 1.54) is 0 Å². The summed E-state index contributed by atoms with van der Waals surface area (Å²) in [7, 11) is 0. The number of amides is 4. The molecule has 1 saturated heterocycles. The molecule has 72 heavy (non-hydrogen) atoms. The molecule has 1 fully saturated rings. The first-order chi connectivity index (χ1) is 35.5. The van der Waals surface area contributed by atoms with Crippen LogP contribution in [0.15, 0.2) is 109 Å². The van der Waals surface area contributed by atoms with E-state index in [2.05, 4.69) is 47.0 Å². The fraction of sp³-hybridized carbons (Fsp3) is 0.481. The maximum absolute atomic E-state index is 13.2. The number of nitrogens with one attached hydrogen (secondary N) is 2. The van der Waals surface area contributed by atoms with Crippen molar-refractivity contribution >= 4 is 29.3 Å². The molecule has 2 aliphatic heterocycles. The summed E-state index contributed by atoms with van der Waals surface area (Å²) >= 11 is 0. The van der Waals surface area contributed by atoms with E-state index in [1.54, 1.807) is 18.2 Å². The Kier molecular flexibility index (Phi) is 25.2. The summed E-state index contributed by atoms with van der Waals surface area (Å²) in [5.74, 6) is -2.18.